The fraction of sp³-hybridized carbons (Fsp3) is 0.538. The molecule has 1 heteroatoms. The van der Waals surface area contributed by atoms with Gasteiger partial charge in [-0.3, -0.25) is 0 Å². The molecule has 0 aliphatic carbocycles. The number of hydrogen-bond donors (Lipinski definition) is 1. The molecule has 2 N–H and O–H groups in total. The summed E-state index contributed by atoms with van der Waals surface area (Å²) in [5.41, 5.74) is 8.41. The van der Waals surface area contributed by atoms with E-state index in [4.69, 9.17) is 5.73 Å². The van der Waals surface area contributed by atoms with E-state index >= 15 is 0 Å². The van der Waals surface area contributed by atoms with Gasteiger partial charge in [-0.05, 0) is 35.9 Å². The monoisotopic (exact) mass is 191 g/mol. The van der Waals surface area contributed by atoms with Crippen molar-refractivity contribution in [1.29, 1.82) is 0 Å². The van der Waals surface area contributed by atoms with Crippen LogP contribution >= 0.6 is 0 Å². The third-order valence-electron chi connectivity index (χ3n) is 3.04. The standard InChI is InChI=1S/C13H21N/c1-4-10(2)12-5-7-13(8-6-12)11(3)9-14/h5-8,10-11H,4,9,14H2,1-3H3. The normalized spacial score (nSPS) is 15.1. The Hall–Kier alpha value is -0.820. The maximum Gasteiger partial charge on any atom is -0.00109 e. The van der Waals surface area contributed by atoms with E-state index in [2.05, 4.69) is 45.0 Å². The summed E-state index contributed by atoms with van der Waals surface area (Å²) in [4.78, 5) is 0. The van der Waals surface area contributed by atoms with E-state index in [1.807, 2.05) is 0 Å². The van der Waals surface area contributed by atoms with E-state index in [-0.39, 0.29) is 0 Å². The Balaban J connectivity index is 2.78. The first-order chi connectivity index (χ1) is 6.69. The second-order valence-electron chi connectivity index (χ2n) is 4.11. The molecule has 0 fully saturated rings. The molecule has 1 nitrogen and oxygen atoms in total. The average Bonchev–Trinajstić information content (AvgIpc) is 2.27. The predicted molar refractivity (Wildman–Crippen MR) is 62.6 cm³/mol. The van der Waals surface area contributed by atoms with E-state index in [9.17, 15) is 0 Å². The van der Waals surface area contributed by atoms with Gasteiger partial charge in [0.2, 0.25) is 0 Å². The van der Waals surface area contributed by atoms with Crippen molar-refractivity contribution in [2.24, 2.45) is 5.73 Å². The van der Waals surface area contributed by atoms with Crippen LogP contribution in [0.4, 0.5) is 0 Å². The quantitative estimate of drug-likeness (QED) is 0.776. The zero-order valence-electron chi connectivity index (χ0n) is 9.46. The molecule has 14 heavy (non-hydrogen) atoms. The Labute approximate surface area is 87.3 Å². The zero-order chi connectivity index (χ0) is 10.6. The molecule has 1 aromatic rings. The fourth-order valence-electron chi connectivity index (χ4n) is 1.52. The lowest BCUT2D eigenvalue weighted by atomic mass is 9.94. The SMILES string of the molecule is CCC(C)c1ccc(C(C)CN)cc1. The summed E-state index contributed by atoms with van der Waals surface area (Å²) in [7, 11) is 0. The largest absolute Gasteiger partial charge is 0.330 e. The first-order valence-corrected chi connectivity index (χ1v) is 5.49. The molecule has 2 unspecified atom stereocenters. The van der Waals surface area contributed by atoms with E-state index in [1.165, 1.54) is 17.5 Å². The van der Waals surface area contributed by atoms with Crippen LogP contribution in [0.1, 0.15) is 50.2 Å². The molecule has 0 amide bonds. The van der Waals surface area contributed by atoms with Crippen LogP contribution in [-0.4, -0.2) is 6.54 Å². The van der Waals surface area contributed by atoms with Gasteiger partial charge in [0.25, 0.3) is 0 Å². The highest BCUT2D eigenvalue weighted by molar-refractivity contribution is 5.27. The van der Waals surface area contributed by atoms with Crippen LogP contribution in [0.3, 0.4) is 0 Å². The Kier molecular flexibility index (Phi) is 4.15. The third kappa shape index (κ3) is 2.58. The van der Waals surface area contributed by atoms with E-state index in [0.717, 1.165) is 6.54 Å². The van der Waals surface area contributed by atoms with Crippen LogP contribution in [0.25, 0.3) is 0 Å². The number of rotatable bonds is 4. The van der Waals surface area contributed by atoms with Crippen molar-refractivity contribution in [2.45, 2.75) is 39.0 Å². The molecular formula is C13H21N. The molecule has 0 radical (unpaired) electrons. The molecule has 1 aromatic carbocycles. The second kappa shape index (κ2) is 5.16. The maximum absolute atomic E-state index is 5.63. The van der Waals surface area contributed by atoms with Gasteiger partial charge in [-0.25, -0.2) is 0 Å². The molecule has 0 bridgehead atoms. The highest BCUT2D eigenvalue weighted by Crippen LogP contribution is 2.21. The van der Waals surface area contributed by atoms with E-state index < -0.39 is 0 Å². The van der Waals surface area contributed by atoms with Gasteiger partial charge < -0.3 is 5.73 Å². The molecule has 1 rings (SSSR count). The molecule has 2 atom stereocenters. The topological polar surface area (TPSA) is 26.0 Å². The molecule has 78 valence electrons. The molecule has 0 aliphatic rings. The molecular weight excluding hydrogens is 170 g/mol. The summed E-state index contributed by atoms with van der Waals surface area (Å²) in [5.74, 6) is 1.14. The van der Waals surface area contributed by atoms with Crippen LogP contribution in [-0.2, 0) is 0 Å². The summed E-state index contributed by atoms with van der Waals surface area (Å²) < 4.78 is 0. The maximum atomic E-state index is 5.63. The number of hydrogen-bond acceptors (Lipinski definition) is 1. The van der Waals surface area contributed by atoms with Crippen molar-refractivity contribution in [2.75, 3.05) is 6.54 Å². The Morgan fingerprint density at radius 1 is 1.00 bits per heavy atom. The minimum Gasteiger partial charge on any atom is -0.330 e. The van der Waals surface area contributed by atoms with Crippen LogP contribution < -0.4 is 5.73 Å². The number of benzene rings is 1. The first kappa shape index (κ1) is 11.3. The summed E-state index contributed by atoms with van der Waals surface area (Å²) in [6.45, 7) is 7.38. The van der Waals surface area contributed by atoms with Crippen molar-refractivity contribution in [1.82, 2.24) is 0 Å². The fourth-order valence-corrected chi connectivity index (χ4v) is 1.52. The van der Waals surface area contributed by atoms with Crippen LogP contribution in [0.5, 0.6) is 0 Å². The Morgan fingerprint density at radius 2 is 1.43 bits per heavy atom. The lowest BCUT2D eigenvalue weighted by Gasteiger charge is -2.12. The Bertz CT molecular complexity index is 234. The van der Waals surface area contributed by atoms with Gasteiger partial charge in [-0.1, -0.05) is 45.0 Å². The van der Waals surface area contributed by atoms with Crippen molar-refractivity contribution in [3.63, 3.8) is 0 Å². The van der Waals surface area contributed by atoms with Gasteiger partial charge in [-0.15, -0.1) is 0 Å². The minimum atomic E-state index is 0.473. The van der Waals surface area contributed by atoms with E-state index in [0.29, 0.717) is 11.8 Å². The summed E-state index contributed by atoms with van der Waals surface area (Å²) >= 11 is 0. The molecule has 0 aliphatic heterocycles. The molecule has 0 saturated heterocycles. The van der Waals surface area contributed by atoms with Gasteiger partial charge >= 0.3 is 0 Å². The third-order valence-corrected chi connectivity index (χ3v) is 3.04. The van der Waals surface area contributed by atoms with E-state index in [1.54, 1.807) is 0 Å². The highest BCUT2D eigenvalue weighted by atomic mass is 14.5. The van der Waals surface area contributed by atoms with Crippen LogP contribution in [0, 0.1) is 0 Å². The molecule has 0 heterocycles. The van der Waals surface area contributed by atoms with Crippen molar-refractivity contribution >= 4 is 0 Å². The van der Waals surface area contributed by atoms with Gasteiger partial charge in [0.15, 0.2) is 0 Å². The van der Waals surface area contributed by atoms with Crippen molar-refractivity contribution in [3.05, 3.63) is 35.4 Å². The number of nitrogens with two attached hydrogens (primary N) is 1. The van der Waals surface area contributed by atoms with Gasteiger partial charge in [0.05, 0.1) is 0 Å². The average molecular weight is 191 g/mol. The zero-order valence-corrected chi connectivity index (χ0v) is 9.46. The lowest BCUT2D eigenvalue weighted by Crippen LogP contribution is -2.08. The van der Waals surface area contributed by atoms with Crippen LogP contribution in [0.15, 0.2) is 24.3 Å². The highest BCUT2D eigenvalue weighted by Gasteiger charge is 2.05. The molecule has 0 aromatic heterocycles. The van der Waals surface area contributed by atoms with Gasteiger partial charge in [-0.2, -0.15) is 0 Å². The first-order valence-electron chi connectivity index (χ1n) is 5.49. The lowest BCUT2D eigenvalue weighted by molar-refractivity contribution is 0.729. The molecule has 0 spiro atoms. The molecule has 0 saturated carbocycles. The van der Waals surface area contributed by atoms with Gasteiger partial charge in [0, 0.05) is 0 Å². The van der Waals surface area contributed by atoms with Crippen molar-refractivity contribution in [3.8, 4) is 0 Å². The summed E-state index contributed by atoms with van der Waals surface area (Å²) in [6, 6.07) is 8.88. The summed E-state index contributed by atoms with van der Waals surface area (Å²) in [6.07, 6.45) is 1.20. The smallest absolute Gasteiger partial charge is 0.00109 e. The predicted octanol–water partition coefficient (Wildman–Crippen LogP) is 3.26. The summed E-state index contributed by atoms with van der Waals surface area (Å²) in [5, 5.41) is 0. The minimum absolute atomic E-state index is 0.473. The van der Waals surface area contributed by atoms with Crippen LogP contribution in [0.2, 0.25) is 0 Å². The van der Waals surface area contributed by atoms with Gasteiger partial charge in [0.1, 0.15) is 0 Å². The Morgan fingerprint density at radius 3 is 1.79 bits per heavy atom. The van der Waals surface area contributed by atoms with Crippen molar-refractivity contribution < 1.29 is 0 Å². The second-order valence-corrected chi connectivity index (χ2v) is 4.11.